The number of rotatable bonds is 5. The van der Waals surface area contributed by atoms with Gasteiger partial charge in [0.15, 0.2) is 0 Å². The SMILES string of the molecule is N/C(=C(/C1CCNCC1)N(N)c1ccccc1F)c1nc(-c2ccccc2F)no1. The predicted octanol–water partition coefficient (Wildman–Crippen LogP) is 3.02. The van der Waals surface area contributed by atoms with Crippen LogP contribution in [-0.4, -0.2) is 23.2 Å². The first-order chi connectivity index (χ1) is 14.6. The van der Waals surface area contributed by atoms with Gasteiger partial charge in [0, 0.05) is 5.92 Å². The van der Waals surface area contributed by atoms with E-state index in [1.807, 2.05) is 0 Å². The monoisotopic (exact) mass is 412 g/mol. The molecule has 1 saturated heterocycles. The number of allylic oxidation sites excluding steroid dienone is 1. The molecular weight excluding hydrogens is 390 g/mol. The molecule has 2 aromatic carbocycles. The van der Waals surface area contributed by atoms with Gasteiger partial charge in [0.1, 0.15) is 17.3 Å². The summed E-state index contributed by atoms with van der Waals surface area (Å²) in [6.07, 6.45) is 1.51. The molecular formula is C21H22F2N6O. The summed E-state index contributed by atoms with van der Waals surface area (Å²) < 4.78 is 33.8. The van der Waals surface area contributed by atoms with Gasteiger partial charge in [-0.15, -0.1) is 0 Å². The lowest BCUT2D eigenvalue weighted by molar-refractivity contribution is 0.397. The number of para-hydroxylation sites is 1. The standard InChI is InChI=1S/C21H22F2N6O/c22-15-6-2-1-5-14(15)20-27-21(30-28-20)18(24)19(13-9-11-26-12-10-13)29(25)17-8-4-3-7-16(17)23/h1-8,13,26H,9-12,24-25H2/b19-18-. The highest BCUT2D eigenvalue weighted by atomic mass is 19.1. The molecule has 4 rings (SSSR count). The summed E-state index contributed by atoms with van der Waals surface area (Å²) in [5, 5.41) is 8.38. The van der Waals surface area contributed by atoms with Crippen molar-refractivity contribution in [3.8, 4) is 11.4 Å². The lowest BCUT2D eigenvalue weighted by atomic mass is 9.92. The molecule has 3 aromatic rings. The van der Waals surface area contributed by atoms with E-state index in [9.17, 15) is 8.78 Å². The van der Waals surface area contributed by atoms with Gasteiger partial charge >= 0.3 is 0 Å². The fraction of sp³-hybridized carbons (Fsp3) is 0.238. The summed E-state index contributed by atoms with van der Waals surface area (Å²) in [6.45, 7) is 1.55. The molecule has 1 aliphatic rings. The van der Waals surface area contributed by atoms with Gasteiger partial charge in [-0.3, -0.25) is 5.01 Å². The molecule has 0 amide bonds. The van der Waals surface area contributed by atoms with Crippen LogP contribution >= 0.6 is 0 Å². The largest absolute Gasteiger partial charge is 0.393 e. The first-order valence-electron chi connectivity index (χ1n) is 9.65. The van der Waals surface area contributed by atoms with Crippen LogP contribution in [0, 0.1) is 17.6 Å². The molecule has 0 radical (unpaired) electrons. The van der Waals surface area contributed by atoms with Crippen molar-refractivity contribution in [3.63, 3.8) is 0 Å². The molecule has 0 atom stereocenters. The maximum Gasteiger partial charge on any atom is 0.275 e. The Bertz CT molecular complexity index is 1060. The highest BCUT2D eigenvalue weighted by Gasteiger charge is 2.28. The van der Waals surface area contributed by atoms with Crippen LogP contribution in [0.3, 0.4) is 0 Å². The zero-order valence-corrected chi connectivity index (χ0v) is 16.2. The van der Waals surface area contributed by atoms with Crippen LogP contribution < -0.4 is 21.9 Å². The van der Waals surface area contributed by atoms with Crippen molar-refractivity contribution in [3.05, 3.63) is 71.8 Å². The van der Waals surface area contributed by atoms with Crippen LogP contribution in [0.5, 0.6) is 0 Å². The number of aromatic nitrogens is 2. The molecule has 1 aromatic heterocycles. The third-order valence-electron chi connectivity index (χ3n) is 5.14. The maximum absolute atomic E-state index is 14.4. The fourth-order valence-corrected chi connectivity index (χ4v) is 3.61. The van der Waals surface area contributed by atoms with Gasteiger partial charge < -0.3 is 15.6 Å². The van der Waals surface area contributed by atoms with Gasteiger partial charge in [0.25, 0.3) is 5.89 Å². The highest BCUT2D eigenvalue weighted by Crippen LogP contribution is 2.32. The lowest BCUT2D eigenvalue weighted by Gasteiger charge is -2.32. The zero-order chi connectivity index (χ0) is 21.1. The van der Waals surface area contributed by atoms with Crippen LogP contribution in [0.4, 0.5) is 14.5 Å². The number of nitrogens with zero attached hydrogens (tertiary/aromatic N) is 3. The Balaban J connectivity index is 1.77. The number of hydrazine groups is 1. The molecule has 0 saturated carbocycles. The molecule has 0 unspecified atom stereocenters. The number of nitrogens with two attached hydrogens (primary N) is 2. The van der Waals surface area contributed by atoms with Crippen molar-refractivity contribution in [1.82, 2.24) is 15.5 Å². The molecule has 9 heteroatoms. The van der Waals surface area contributed by atoms with Crippen molar-refractivity contribution in [2.45, 2.75) is 12.8 Å². The molecule has 0 bridgehead atoms. The minimum Gasteiger partial charge on any atom is -0.393 e. The van der Waals surface area contributed by atoms with Gasteiger partial charge in [-0.05, 0) is 50.2 Å². The van der Waals surface area contributed by atoms with Gasteiger partial charge in [-0.25, -0.2) is 14.6 Å². The van der Waals surface area contributed by atoms with Gasteiger partial charge in [0.05, 0.1) is 16.9 Å². The minimum absolute atomic E-state index is 0.00794. The summed E-state index contributed by atoms with van der Waals surface area (Å²) in [5.74, 6) is 5.43. The van der Waals surface area contributed by atoms with E-state index in [4.69, 9.17) is 16.1 Å². The van der Waals surface area contributed by atoms with E-state index in [1.165, 1.54) is 17.1 Å². The third kappa shape index (κ3) is 3.89. The molecule has 5 N–H and O–H groups in total. The molecule has 1 fully saturated rings. The van der Waals surface area contributed by atoms with Crippen molar-refractivity contribution in [2.24, 2.45) is 17.5 Å². The molecule has 0 spiro atoms. The Labute approximate surface area is 172 Å². The van der Waals surface area contributed by atoms with Crippen LogP contribution in [0.1, 0.15) is 18.7 Å². The average molecular weight is 412 g/mol. The highest BCUT2D eigenvalue weighted by molar-refractivity contribution is 5.68. The molecule has 0 aliphatic carbocycles. The molecule has 156 valence electrons. The Morgan fingerprint density at radius 1 is 1.03 bits per heavy atom. The van der Waals surface area contributed by atoms with Crippen LogP contribution in [-0.2, 0) is 0 Å². The molecule has 2 heterocycles. The molecule has 30 heavy (non-hydrogen) atoms. The quantitative estimate of drug-likeness (QED) is 0.437. The summed E-state index contributed by atoms with van der Waals surface area (Å²) in [4.78, 5) is 4.26. The van der Waals surface area contributed by atoms with E-state index in [2.05, 4.69) is 15.5 Å². The third-order valence-corrected chi connectivity index (χ3v) is 5.14. The number of anilines is 1. The zero-order valence-electron chi connectivity index (χ0n) is 16.2. The first kappa shape index (κ1) is 20.0. The Kier molecular flexibility index (Phi) is 5.73. The summed E-state index contributed by atoms with van der Waals surface area (Å²) >= 11 is 0. The summed E-state index contributed by atoms with van der Waals surface area (Å²) in [6, 6.07) is 12.3. The van der Waals surface area contributed by atoms with Crippen molar-refractivity contribution >= 4 is 11.4 Å². The van der Waals surface area contributed by atoms with E-state index in [0.717, 1.165) is 25.9 Å². The Morgan fingerprint density at radius 2 is 1.70 bits per heavy atom. The van der Waals surface area contributed by atoms with E-state index in [-0.39, 0.29) is 34.6 Å². The normalized spacial score (nSPS) is 15.7. The van der Waals surface area contributed by atoms with Crippen molar-refractivity contribution in [1.29, 1.82) is 0 Å². The lowest BCUT2D eigenvalue weighted by Crippen LogP contribution is -2.40. The Morgan fingerprint density at radius 3 is 2.40 bits per heavy atom. The second-order valence-electron chi connectivity index (χ2n) is 7.05. The van der Waals surface area contributed by atoms with Crippen molar-refractivity contribution < 1.29 is 13.3 Å². The minimum atomic E-state index is -0.475. The van der Waals surface area contributed by atoms with E-state index in [1.54, 1.807) is 36.4 Å². The number of piperidine rings is 1. The first-order valence-corrected chi connectivity index (χ1v) is 9.65. The van der Waals surface area contributed by atoms with Gasteiger partial charge in [-0.2, -0.15) is 4.98 Å². The van der Waals surface area contributed by atoms with Crippen LogP contribution in [0.25, 0.3) is 17.1 Å². The number of halogens is 2. The van der Waals surface area contributed by atoms with E-state index >= 15 is 0 Å². The van der Waals surface area contributed by atoms with Gasteiger partial charge in [-0.1, -0.05) is 29.4 Å². The summed E-state index contributed by atoms with van der Waals surface area (Å²) in [7, 11) is 0. The van der Waals surface area contributed by atoms with E-state index < -0.39 is 11.6 Å². The second-order valence-corrected chi connectivity index (χ2v) is 7.05. The van der Waals surface area contributed by atoms with Crippen molar-refractivity contribution in [2.75, 3.05) is 18.1 Å². The number of benzene rings is 2. The number of nitrogens with one attached hydrogen (secondary N) is 1. The topological polar surface area (TPSA) is 106 Å². The van der Waals surface area contributed by atoms with Crippen LogP contribution in [0.15, 0.2) is 58.8 Å². The predicted molar refractivity (Wildman–Crippen MR) is 109 cm³/mol. The van der Waals surface area contributed by atoms with Crippen LogP contribution in [0.2, 0.25) is 0 Å². The fourth-order valence-electron chi connectivity index (χ4n) is 3.61. The average Bonchev–Trinajstić information content (AvgIpc) is 3.25. The number of hydrogen-bond acceptors (Lipinski definition) is 7. The van der Waals surface area contributed by atoms with E-state index in [0.29, 0.717) is 5.70 Å². The smallest absolute Gasteiger partial charge is 0.275 e. The maximum atomic E-state index is 14.4. The summed E-state index contributed by atoms with van der Waals surface area (Å²) in [5.41, 5.74) is 7.43. The van der Waals surface area contributed by atoms with Gasteiger partial charge in [0.2, 0.25) is 5.82 Å². The number of hydrogen-bond donors (Lipinski definition) is 3. The molecule has 1 aliphatic heterocycles. The molecule has 7 nitrogen and oxygen atoms in total. The second kappa shape index (κ2) is 8.60. The Hall–Kier alpha value is -3.30.